The zero-order chi connectivity index (χ0) is 9.42. The number of hydrogen-bond acceptors (Lipinski definition) is 2. The van der Waals surface area contributed by atoms with Crippen LogP contribution in [0.25, 0.3) is 0 Å². The first-order valence-corrected chi connectivity index (χ1v) is 4.94. The fourth-order valence-electron chi connectivity index (χ4n) is 2.30. The number of carbonyl (C=O) groups excluding carboxylic acids is 1. The number of carbonyl (C=O) groups is 1. The predicted molar refractivity (Wildman–Crippen MR) is 51.1 cm³/mol. The molecule has 0 aromatic rings. The van der Waals surface area contributed by atoms with E-state index in [1.807, 2.05) is 4.90 Å². The van der Waals surface area contributed by atoms with Crippen LogP contribution in [0.15, 0.2) is 12.2 Å². The number of rotatable bonds is 1. The summed E-state index contributed by atoms with van der Waals surface area (Å²) in [5.41, 5.74) is 5.60. The molecule has 0 aromatic carbocycles. The van der Waals surface area contributed by atoms with Crippen LogP contribution in [0.4, 0.5) is 0 Å². The van der Waals surface area contributed by atoms with E-state index in [1.54, 1.807) is 6.92 Å². The molecule has 0 radical (unpaired) electrons. The fourth-order valence-corrected chi connectivity index (χ4v) is 2.30. The van der Waals surface area contributed by atoms with Crippen LogP contribution in [-0.4, -0.2) is 28.9 Å². The Morgan fingerprint density at radius 2 is 2.38 bits per heavy atom. The molecule has 1 amide bonds. The minimum absolute atomic E-state index is 0.108. The molecule has 2 bridgehead atoms. The smallest absolute Gasteiger partial charge is 0.239 e. The van der Waals surface area contributed by atoms with Gasteiger partial charge in [0.15, 0.2) is 0 Å². The molecule has 2 heterocycles. The van der Waals surface area contributed by atoms with Gasteiger partial charge in [0, 0.05) is 6.04 Å². The Bertz CT molecular complexity index is 247. The average Bonchev–Trinajstić information content (AvgIpc) is 2.34. The molecule has 0 spiro atoms. The molecular weight excluding hydrogens is 164 g/mol. The van der Waals surface area contributed by atoms with Crippen molar-refractivity contribution in [3.05, 3.63) is 12.2 Å². The lowest BCUT2D eigenvalue weighted by Crippen LogP contribution is -2.48. The van der Waals surface area contributed by atoms with Gasteiger partial charge in [-0.3, -0.25) is 4.79 Å². The van der Waals surface area contributed by atoms with E-state index in [4.69, 9.17) is 5.73 Å². The summed E-state index contributed by atoms with van der Waals surface area (Å²) >= 11 is 0. The molecule has 3 atom stereocenters. The second-order valence-electron chi connectivity index (χ2n) is 4.00. The van der Waals surface area contributed by atoms with Crippen LogP contribution >= 0.6 is 0 Å². The molecule has 1 saturated heterocycles. The summed E-state index contributed by atoms with van der Waals surface area (Å²) in [4.78, 5) is 13.7. The van der Waals surface area contributed by atoms with Crippen molar-refractivity contribution in [1.29, 1.82) is 0 Å². The monoisotopic (exact) mass is 180 g/mol. The third-order valence-corrected chi connectivity index (χ3v) is 2.96. The van der Waals surface area contributed by atoms with Crippen LogP contribution in [-0.2, 0) is 4.79 Å². The van der Waals surface area contributed by atoms with Crippen molar-refractivity contribution in [3.63, 3.8) is 0 Å². The van der Waals surface area contributed by atoms with E-state index in [-0.39, 0.29) is 11.9 Å². The maximum Gasteiger partial charge on any atom is 0.239 e. The molecule has 3 heteroatoms. The van der Waals surface area contributed by atoms with Crippen molar-refractivity contribution in [2.24, 2.45) is 5.73 Å². The summed E-state index contributed by atoms with van der Waals surface area (Å²) in [5, 5.41) is 0. The molecule has 2 rings (SSSR count). The summed E-state index contributed by atoms with van der Waals surface area (Å²) in [5.74, 6) is 0.108. The Morgan fingerprint density at radius 1 is 1.62 bits per heavy atom. The Kier molecular flexibility index (Phi) is 2.12. The first-order valence-electron chi connectivity index (χ1n) is 4.94. The molecule has 2 aliphatic heterocycles. The highest BCUT2D eigenvalue weighted by molar-refractivity contribution is 5.82. The number of nitrogens with two attached hydrogens (primary N) is 1. The van der Waals surface area contributed by atoms with Gasteiger partial charge >= 0.3 is 0 Å². The lowest BCUT2D eigenvalue weighted by atomic mass is 10.1. The van der Waals surface area contributed by atoms with E-state index in [1.165, 1.54) is 0 Å². The Labute approximate surface area is 78.6 Å². The van der Waals surface area contributed by atoms with Crippen LogP contribution in [0.1, 0.15) is 26.2 Å². The zero-order valence-electron chi connectivity index (χ0n) is 7.94. The highest BCUT2D eigenvalue weighted by Gasteiger charge is 2.37. The van der Waals surface area contributed by atoms with Crippen molar-refractivity contribution < 1.29 is 4.79 Å². The summed E-state index contributed by atoms with van der Waals surface area (Å²) in [6.07, 6.45) is 7.59. The van der Waals surface area contributed by atoms with Gasteiger partial charge in [0.2, 0.25) is 5.91 Å². The van der Waals surface area contributed by atoms with Gasteiger partial charge in [0.25, 0.3) is 0 Å². The average molecular weight is 180 g/mol. The quantitative estimate of drug-likeness (QED) is 0.602. The molecule has 3 nitrogen and oxygen atoms in total. The van der Waals surface area contributed by atoms with Crippen molar-refractivity contribution in [1.82, 2.24) is 4.90 Å². The van der Waals surface area contributed by atoms with Crippen LogP contribution in [0, 0.1) is 0 Å². The van der Waals surface area contributed by atoms with E-state index < -0.39 is 0 Å². The van der Waals surface area contributed by atoms with E-state index in [0.29, 0.717) is 12.1 Å². The van der Waals surface area contributed by atoms with Gasteiger partial charge in [-0.1, -0.05) is 12.2 Å². The predicted octanol–water partition coefficient (Wildman–Crippen LogP) is 0.653. The van der Waals surface area contributed by atoms with Gasteiger partial charge in [0.05, 0.1) is 12.1 Å². The zero-order valence-corrected chi connectivity index (χ0v) is 7.94. The van der Waals surface area contributed by atoms with Gasteiger partial charge in [-0.25, -0.2) is 0 Å². The summed E-state index contributed by atoms with van der Waals surface area (Å²) < 4.78 is 0. The second-order valence-corrected chi connectivity index (χ2v) is 4.00. The third-order valence-electron chi connectivity index (χ3n) is 2.96. The molecule has 2 N–H and O–H groups in total. The Balaban J connectivity index is 2.16. The van der Waals surface area contributed by atoms with Gasteiger partial charge in [-0.2, -0.15) is 0 Å². The van der Waals surface area contributed by atoms with Crippen LogP contribution < -0.4 is 5.73 Å². The first-order chi connectivity index (χ1) is 6.20. The van der Waals surface area contributed by atoms with Crippen LogP contribution in [0.3, 0.4) is 0 Å². The number of amides is 1. The summed E-state index contributed by atoms with van der Waals surface area (Å²) in [6, 6.07) is 0.403. The van der Waals surface area contributed by atoms with Crippen LogP contribution in [0.2, 0.25) is 0 Å². The molecular formula is C10H16N2O. The molecule has 1 fully saturated rings. The highest BCUT2D eigenvalue weighted by Crippen LogP contribution is 2.31. The largest absolute Gasteiger partial charge is 0.332 e. The highest BCUT2D eigenvalue weighted by atomic mass is 16.2. The standard InChI is InChI=1S/C10H16N2O/c1-7(11)10(13)12-8-3-2-4-9(12)6-5-8/h2-3,7-9H,4-6,11H2,1H3/t7-,8?,9?/m1/s1. The third kappa shape index (κ3) is 1.37. The van der Waals surface area contributed by atoms with Gasteiger partial charge in [-0.05, 0) is 26.2 Å². The summed E-state index contributed by atoms with van der Waals surface area (Å²) in [6.45, 7) is 1.76. The minimum atomic E-state index is -0.352. The van der Waals surface area contributed by atoms with Gasteiger partial charge in [-0.15, -0.1) is 0 Å². The number of fused-ring (bicyclic) bond motifs is 2. The lowest BCUT2D eigenvalue weighted by molar-refractivity contribution is -0.134. The Hall–Kier alpha value is -0.830. The molecule has 0 aliphatic carbocycles. The molecule has 72 valence electrons. The van der Waals surface area contributed by atoms with E-state index in [9.17, 15) is 4.79 Å². The van der Waals surface area contributed by atoms with Crippen molar-refractivity contribution in [2.45, 2.75) is 44.3 Å². The van der Waals surface area contributed by atoms with Crippen molar-refractivity contribution >= 4 is 5.91 Å². The maximum atomic E-state index is 11.7. The molecule has 13 heavy (non-hydrogen) atoms. The van der Waals surface area contributed by atoms with Gasteiger partial charge < -0.3 is 10.6 Å². The van der Waals surface area contributed by atoms with E-state index >= 15 is 0 Å². The van der Waals surface area contributed by atoms with Crippen molar-refractivity contribution in [2.75, 3.05) is 0 Å². The first kappa shape index (κ1) is 8.75. The van der Waals surface area contributed by atoms with Gasteiger partial charge in [0.1, 0.15) is 0 Å². The fraction of sp³-hybridized carbons (Fsp3) is 0.700. The van der Waals surface area contributed by atoms with E-state index in [0.717, 1.165) is 19.3 Å². The molecule has 0 aromatic heterocycles. The van der Waals surface area contributed by atoms with Crippen molar-refractivity contribution in [3.8, 4) is 0 Å². The Morgan fingerprint density at radius 3 is 3.00 bits per heavy atom. The second kappa shape index (κ2) is 3.14. The van der Waals surface area contributed by atoms with Crippen LogP contribution in [0.5, 0.6) is 0 Å². The molecule has 2 aliphatic rings. The van der Waals surface area contributed by atoms with E-state index in [2.05, 4.69) is 12.2 Å². The summed E-state index contributed by atoms with van der Waals surface area (Å²) in [7, 11) is 0. The number of nitrogens with zero attached hydrogens (tertiary/aromatic N) is 1. The minimum Gasteiger partial charge on any atom is -0.332 e. The topological polar surface area (TPSA) is 46.3 Å². The normalized spacial score (nSPS) is 33.5. The molecule has 0 saturated carbocycles. The SMILES string of the molecule is C[C@@H](N)C(=O)N1C2C=CCC1CC2. The maximum absolute atomic E-state index is 11.7. The molecule has 2 unspecified atom stereocenters. The lowest BCUT2D eigenvalue weighted by Gasteiger charge is -2.32. The number of hydrogen-bond donors (Lipinski definition) is 1.